The van der Waals surface area contributed by atoms with E-state index < -0.39 is 5.97 Å². The van der Waals surface area contributed by atoms with Gasteiger partial charge in [0, 0.05) is 5.92 Å². The Morgan fingerprint density at radius 2 is 2.20 bits per heavy atom. The van der Waals surface area contributed by atoms with Crippen molar-refractivity contribution in [2.45, 2.75) is 44.6 Å². The maximum Gasteiger partial charge on any atom is 0.323 e. The van der Waals surface area contributed by atoms with E-state index in [9.17, 15) is 4.79 Å². The van der Waals surface area contributed by atoms with Crippen LogP contribution >= 0.6 is 0 Å². The van der Waals surface area contributed by atoms with Crippen LogP contribution in [0.15, 0.2) is 6.33 Å². The Morgan fingerprint density at radius 1 is 1.47 bits per heavy atom. The molecule has 1 aromatic rings. The van der Waals surface area contributed by atoms with Crippen LogP contribution in [-0.4, -0.2) is 25.8 Å². The minimum Gasteiger partial charge on any atom is -0.480 e. The Kier molecular flexibility index (Phi) is 2.99. The molecular formula is C10H15N3O2. The first kappa shape index (κ1) is 10.1. The molecule has 0 atom stereocenters. The summed E-state index contributed by atoms with van der Waals surface area (Å²) in [6, 6.07) is 0. The summed E-state index contributed by atoms with van der Waals surface area (Å²) in [5.74, 6) is 0.407. The number of aliphatic carboxylic acids is 1. The van der Waals surface area contributed by atoms with Gasteiger partial charge in [-0.15, -0.1) is 10.2 Å². The molecule has 1 fully saturated rings. The normalized spacial score (nSPS) is 17.9. The molecule has 0 unspecified atom stereocenters. The summed E-state index contributed by atoms with van der Waals surface area (Å²) >= 11 is 0. The lowest BCUT2D eigenvalue weighted by molar-refractivity contribution is -0.137. The Bertz CT molecular complexity index is 342. The summed E-state index contributed by atoms with van der Waals surface area (Å²) in [5, 5.41) is 16.6. The fourth-order valence-corrected chi connectivity index (χ4v) is 2.21. The van der Waals surface area contributed by atoms with Crippen LogP contribution in [0.25, 0.3) is 0 Å². The minimum atomic E-state index is -0.841. The highest BCUT2D eigenvalue weighted by molar-refractivity contribution is 5.66. The second kappa shape index (κ2) is 4.42. The van der Waals surface area contributed by atoms with E-state index in [2.05, 4.69) is 10.2 Å². The molecule has 0 spiro atoms. The van der Waals surface area contributed by atoms with Gasteiger partial charge in [-0.25, -0.2) is 0 Å². The molecule has 0 saturated heterocycles. The van der Waals surface area contributed by atoms with E-state index in [1.807, 2.05) is 0 Å². The molecule has 1 aliphatic rings. The lowest BCUT2D eigenvalue weighted by Gasteiger charge is -2.20. The highest BCUT2D eigenvalue weighted by Crippen LogP contribution is 2.31. The zero-order chi connectivity index (χ0) is 10.7. The molecule has 1 saturated carbocycles. The topological polar surface area (TPSA) is 68.0 Å². The average Bonchev–Trinajstić information content (AvgIpc) is 2.66. The first-order chi connectivity index (χ1) is 7.27. The average molecular weight is 209 g/mol. The third kappa shape index (κ3) is 2.34. The maximum absolute atomic E-state index is 10.6. The number of nitrogens with zero attached hydrogens (tertiary/aromatic N) is 3. The van der Waals surface area contributed by atoms with Crippen LogP contribution in [0.5, 0.6) is 0 Å². The van der Waals surface area contributed by atoms with Crippen molar-refractivity contribution >= 4 is 5.97 Å². The molecule has 1 aliphatic carbocycles. The molecular weight excluding hydrogens is 194 g/mol. The molecule has 0 radical (unpaired) electrons. The fourth-order valence-electron chi connectivity index (χ4n) is 2.21. The third-order valence-electron chi connectivity index (χ3n) is 2.92. The van der Waals surface area contributed by atoms with Crippen LogP contribution in [0.2, 0.25) is 0 Å². The van der Waals surface area contributed by atoms with Crippen molar-refractivity contribution in [2.24, 2.45) is 0 Å². The highest BCUT2D eigenvalue weighted by atomic mass is 16.4. The van der Waals surface area contributed by atoms with Gasteiger partial charge in [0.15, 0.2) is 0 Å². The first-order valence-electron chi connectivity index (χ1n) is 5.37. The SMILES string of the molecule is O=C(O)Cn1cnnc1C1CCCCC1. The molecule has 82 valence electrons. The predicted octanol–water partition coefficient (Wildman–Crippen LogP) is 1.41. The summed E-state index contributed by atoms with van der Waals surface area (Å²) in [6.07, 6.45) is 7.44. The van der Waals surface area contributed by atoms with Gasteiger partial charge in [-0.05, 0) is 12.8 Å². The van der Waals surface area contributed by atoms with Crippen molar-refractivity contribution in [1.29, 1.82) is 0 Å². The number of hydrogen-bond acceptors (Lipinski definition) is 3. The van der Waals surface area contributed by atoms with E-state index in [-0.39, 0.29) is 6.54 Å². The van der Waals surface area contributed by atoms with E-state index in [1.165, 1.54) is 25.6 Å². The van der Waals surface area contributed by atoms with Gasteiger partial charge in [0.2, 0.25) is 0 Å². The van der Waals surface area contributed by atoms with Crippen LogP contribution in [0, 0.1) is 0 Å². The molecule has 5 heteroatoms. The Labute approximate surface area is 88.1 Å². The van der Waals surface area contributed by atoms with Gasteiger partial charge >= 0.3 is 5.97 Å². The molecule has 5 nitrogen and oxygen atoms in total. The van der Waals surface area contributed by atoms with Gasteiger partial charge < -0.3 is 9.67 Å². The van der Waals surface area contributed by atoms with Crippen molar-refractivity contribution in [3.05, 3.63) is 12.2 Å². The predicted molar refractivity (Wildman–Crippen MR) is 53.5 cm³/mol. The molecule has 1 aromatic heterocycles. The smallest absolute Gasteiger partial charge is 0.323 e. The summed E-state index contributed by atoms with van der Waals surface area (Å²) in [6.45, 7) is -0.0289. The van der Waals surface area contributed by atoms with E-state index in [0.29, 0.717) is 5.92 Å². The van der Waals surface area contributed by atoms with Crippen LogP contribution in [0.3, 0.4) is 0 Å². The standard InChI is InChI=1S/C10H15N3O2/c14-9(15)6-13-7-11-12-10(13)8-4-2-1-3-5-8/h7-8H,1-6H2,(H,14,15). The number of rotatable bonds is 3. The number of aromatic nitrogens is 3. The Balaban J connectivity index is 2.12. The third-order valence-corrected chi connectivity index (χ3v) is 2.92. The van der Waals surface area contributed by atoms with E-state index in [0.717, 1.165) is 18.7 Å². The quantitative estimate of drug-likeness (QED) is 0.817. The zero-order valence-electron chi connectivity index (χ0n) is 8.59. The van der Waals surface area contributed by atoms with Gasteiger partial charge in [-0.1, -0.05) is 19.3 Å². The highest BCUT2D eigenvalue weighted by Gasteiger charge is 2.21. The van der Waals surface area contributed by atoms with Crippen molar-refractivity contribution in [1.82, 2.24) is 14.8 Å². The summed E-state index contributed by atoms with van der Waals surface area (Å²) in [7, 11) is 0. The van der Waals surface area contributed by atoms with Crippen LogP contribution in [0.4, 0.5) is 0 Å². The van der Waals surface area contributed by atoms with Crippen molar-refractivity contribution < 1.29 is 9.90 Å². The minimum absolute atomic E-state index is 0.0289. The van der Waals surface area contributed by atoms with Crippen LogP contribution < -0.4 is 0 Å². The van der Waals surface area contributed by atoms with Crippen molar-refractivity contribution in [3.8, 4) is 0 Å². The number of carbonyl (C=O) groups is 1. The van der Waals surface area contributed by atoms with Gasteiger partial charge in [0.1, 0.15) is 18.7 Å². The second-order valence-electron chi connectivity index (χ2n) is 4.05. The molecule has 0 aliphatic heterocycles. The summed E-state index contributed by atoms with van der Waals surface area (Å²) in [4.78, 5) is 10.6. The van der Waals surface area contributed by atoms with E-state index in [1.54, 1.807) is 4.57 Å². The van der Waals surface area contributed by atoms with E-state index >= 15 is 0 Å². The second-order valence-corrected chi connectivity index (χ2v) is 4.05. The van der Waals surface area contributed by atoms with Crippen LogP contribution in [-0.2, 0) is 11.3 Å². The molecule has 15 heavy (non-hydrogen) atoms. The molecule has 1 heterocycles. The summed E-state index contributed by atoms with van der Waals surface area (Å²) in [5.41, 5.74) is 0. The van der Waals surface area contributed by atoms with E-state index in [4.69, 9.17) is 5.11 Å². The molecule has 1 N–H and O–H groups in total. The van der Waals surface area contributed by atoms with Gasteiger partial charge in [0.25, 0.3) is 0 Å². The molecule has 2 rings (SSSR count). The number of hydrogen-bond donors (Lipinski definition) is 1. The zero-order valence-corrected chi connectivity index (χ0v) is 8.59. The van der Waals surface area contributed by atoms with Gasteiger partial charge in [0.05, 0.1) is 0 Å². The fraction of sp³-hybridized carbons (Fsp3) is 0.700. The Hall–Kier alpha value is -1.39. The first-order valence-corrected chi connectivity index (χ1v) is 5.37. The van der Waals surface area contributed by atoms with Crippen molar-refractivity contribution in [2.75, 3.05) is 0 Å². The Morgan fingerprint density at radius 3 is 2.87 bits per heavy atom. The molecule has 0 bridgehead atoms. The molecule has 0 amide bonds. The molecule has 0 aromatic carbocycles. The van der Waals surface area contributed by atoms with Gasteiger partial charge in [-0.2, -0.15) is 0 Å². The number of carboxylic acid groups (broad SMARTS) is 1. The monoisotopic (exact) mass is 209 g/mol. The van der Waals surface area contributed by atoms with Crippen molar-refractivity contribution in [3.63, 3.8) is 0 Å². The number of carboxylic acids is 1. The van der Waals surface area contributed by atoms with Gasteiger partial charge in [-0.3, -0.25) is 4.79 Å². The van der Waals surface area contributed by atoms with Crippen LogP contribution in [0.1, 0.15) is 43.8 Å². The lowest BCUT2D eigenvalue weighted by atomic mass is 9.89. The maximum atomic E-state index is 10.6. The largest absolute Gasteiger partial charge is 0.480 e. The summed E-state index contributed by atoms with van der Waals surface area (Å²) < 4.78 is 1.65. The lowest BCUT2D eigenvalue weighted by Crippen LogP contribution is -2.15.